The summed E-state index contributed by atoms with van der Waals surface area (Å²) >= 11 is 6.14. The minimum absolute atomic E-state index is 0.125. The fourth-order valence-electron chi connectivity index (χ4n) is 5.94. The number of amides is 1. The number of hydrogen-bond donors (Lipinski definition) is 0. The van der Waals surface area contributed by atoms with Crippen molar-refractivity contribution in [2.45, 2.75) is 63.8 Å². The van der Waals surface area contributed by atoms with Crippen LogP contribution in [-0.4, -0.2) is 58.6 Å². The summed E-state index contributed by atoms with van der Waals surface area (Å²) < 4.78 is 35.0. The third-order valence-corrected chi connectivity index (χ3v) is 7.70. The van der Waals surface area contributed by atoms with Crippen molar-refractivity contribution in [3.05, 3.63) is 53.7 Å². The number of carbonyl (C=O) groups is 1. The Hall–Kier alpha value is -2.42. The summed E-state index contributed by atoms with van der Waals surface area (Å²) in [6.07, 6.45) is 6.73. The maximum absolute atomic E-state index is 15.4. The van der Waals surface area contributed by atoms with E-state index >= 15 is 4.39 Å². The summed E-state index contributed by atoms with van der Waals surface area (Å²) in [5.41, 5.74) is 1.94. The highest BCUT2D eigenvalue weighted by atomic mass is 35.5. The van der Waals surface area contributed by atoms with Gasteiger partial charge in [0.2, 0.25) is 0 Å². The molecule has 0 N–H and O–H groups in total. The highest BCUT2D eigenvalue weighted by Gasteiger charge is 2.64. The van der Waals surface area contributed by atoms with Gasteiger partial charge in [-0.15, -0.1) is 13.2 Å². The Morgan fingerprint density at radius 3 is 2.59 bits per heavy atom. The number of rotatable bonds is 10. The summed E-state index contributed by atoms with van der Waals surface area (Å²) in [5, 5.41) is 0.653. The number of pyridine rings is 1. The molecular formula is C28H35ClFN3O4. The predicted octanol–water partition coefficient (Wildman–Crippen LogP) is 6.02. The third-order valence-electron chi connectivity index (χ3n) is 7.44. The summed E-state index contributed by atoms with van der Waals surface area (Å²) in [6.45, 7) is 15.1. The second-order valence-corrected chi connectivity index (χ2v) is 11.5. The van der Waals surface area contributed by atoms with Gasteiger partial charge in [0.15, 0.2) is 11.0 Å². The molecule has 0 aromatic carbocycles. The Balaban J connectivity index is 1.53. The second kappa shape index (κ2) is 10.0. The first kappa shape index (κ1) is 26.2. The highest BCUT2D eigenvalue weighted by Crippen LogP contribution is 2.64. The Labute approximate surface area is 222 Å². The predicted molar refractivity (Wildman–Crippen MR) is 140 cm³/mol. The van der Waals surface area contributed by atoms with Gasteiger partial charge >= 0.3 is 6.09 Å². The molecule has 5 rings (SSSR count). The van der Waals surface area contributed by atoms with E-state index in [0.717, 1.165) is 29.5 Å². The van der Waals surface area contributed by atoms with Gasteiger partial charge in [0.25, 0.3) is 0 Å². The molecular weight excluding hydrogens is 497 g/mol. The van der Waals surface area contributed by atoms with Gasteiger partial charge in [0.1, 0.15) is 5.60 Å². The van der Waals surface area contributed by atoms with E-state index < -0.39 is 11.4 Å². The number of fused-ring (bicyclic) bond motifs is 2. The van der Waals surface area contributed by atoms with Gasteiger partial charge in [-0.3, -0.25) is 0 Å². The van der Waals surface area contributed by atoms with Crippen LogP contribution in [0.15, 0.2) is 31.5 Å². The molecule has 1 saturated heterocycles. The molecule has 2 aromatic heterocycles. The van der Waals surface area contributed by atoms with Crippen molar-refractivity contribution in [3.63, 3.8) is 0 Å². The van der Waals surface area contributed by atoms with Gasteiger partial charge in [0.05, 0.1) is 38.0 Å². The van der Waals surface area contributed by atoms with Crippen molar-refractivity contribution in [1.82, 2.24) is 14.5 Å². The molecule has 37 heavy (non-hydrogen) atoms. The van der Waals surface area contributed by atoms with Crippen LogP contribution in [0.3, 0.4) is 0 Å². The monoisotopic (exact) mass is 531 g/mol. The average molecular weight is 532 g/mol. The maximum atomic E-state index is 15.4. The number of ether oxygens (including phenoxy) is 3. The van der Waals surface area contributed by atoms with Gasteiger partial charge in [-0.05, 0) is 56.9 Å². The maximum Gasteiger partial charge on any atom is 0.410 e. The second-order valence-electron chi connectivity index (χ2n) is 11.2. The zero-order chi connectivity index (χ0) is 26.5. The lowest BCUT2D eigenvalue weighted by atomic mass is 10.0. The Morgan fingerprint density at radius 2 is 1.95 bits per heavy atom. The Bertz CT molecular complexity index is 1220. The zero-order valence-electron chi connectivity index (χ0n) is 21.7. The number of likely N-dealkylation sites (tertiary alicyclic amines) is 1. The fraction of sp³-hybridized carbons (Fsp3) is 0.571. The van der Waals surface area contributed by atoms with Crippen molar-refractivity contribution in [2.75, 3.05) is 26.4 Å². The standard InChI is InChI=1S/C28H35ClFN3O4/c1-6-10-35-14-19-22-18(13-32(19)27(34)37-28(3,4)5)23(22)21-17-12-31-26(29)24(30)25(17)33(16-8-9-16)20(21)15-36-11-7-2/h6-7,12,16,18-19,22-23H,1-2,8-11,13-15H2,3-5H3/t18-,19+,22-,23-/m0/s1. The first-order chi connectivity index (χ1) is 17.7. The number of carbonyl (C=O) groups excluding carboxylic acids is 1. The fourth-order valence-corrected chi connectivity index (χ4v) is 6.08. The van der Waals surface area contributed by atoms with E-state index in [4.69, 9.17) is 25.8 Å². The molecule has 3 heterocycles. The van der Waals surface area contributed by atoms with Crippen molar-refractivity contribution >= 4 is 28.6 Å². The van der Waals surface area contributed by atoms with Crippen molar-refractivity contribution in [2.24, 2.45) is 11.8 Å². The topological polar surface area (TPSA) is 65.8 Å². The van der Waals surface area contributed by atoms with Crippen LogP contribution >= 0.6 is 11.6 Å². The molecule has 0 bridgehead atoms. The van der Waals surface area contributed by atoms with E-state index in [9.17, 15) is 4.79 Å². The van der Waals surface area contributed by atoms with E-state index in [2.05, 4.69) is 22.7 Å². The first-order valence-electron chi connectivity index (χ1n) is 12.9. The smallest absolute Gasteiger partial charge is 0.410 e. The first-order valence-corrected chi connectivity index (χ1v) is 13.3. The molecule has 1 amide bonds. The Kier molecular flexibility index (Phi) is 7.11. The van der Waals surface area contributed by atoms with Gasteiger partial charge in [-0.1, -0.05) is 23.8 Å². The molecule has 3 fully saturated rings. The van der Waals surface area contributed by atoms with Crippen molar-refractivity contribution in [3.8, 4) is 0 Å². The molecule has 3 aliphatic rings. The largest absolute Gasteiger partial charge is 0.444 e. The quantitative estimate of drug-likeness (QED) is 0.213. The molecule has 9 heteroatoms. The summed E-state index contributed by atoms with van der Waals surface area (Å²) in [6, 6.07) is 0.0614. The van der Waals surface area contributed by atoms with Crippen LogP contribution < -0.4 is 0 Å². The molecule has 2 aliphatic carbocycles. The molecule has 200 valence electrons. The van der Waals surface area contributed by atoms with E-state index in [1.165, 1.54) is 0 Å². The number of piperidine rings is 1. The SMILES string of the molecule is C=CCOCc1c([C@@H]2[C@H]3CN(C(=O)OC(C)(C)C)[C@H](COCC=C)[C@H]32)c2cnc(Cl)c(F)c2n1C1CC1. The lowest BCUT2D eigenvalue weighted by molar-refractivity contribution is 0.00703. The van der Waals surface area contributed by atoms with Crippen LogP contribution in [0.5, 0.6) is 0 Å². The molecule has 0 radical (unpaired) electrons. The van der Waals surface area contributed by atoms with Crippen molar-refractivity contribution in [1.29, 1.82) is 0 Å². The molecule has 0 unspecified atom stereocenters. The molecule has 2 saturated carbocycles. The summed E-state index contributed by atoms with van der Waals surface area (Å²) in [5.74, 6) is 0.00467. The lowest BCUT2D eigenvalue weighted by Gasteiger charge is -2.31. The Morgan fingerprint density at radius 1 is 1.24 bits per heavy atom. The van der Waals surface area contributed by atoms with Gasteiger partial charge < -0.3 is 23.7 Å². The molecule has 0 spiro atoms. The van der Waals surface area contributed by atoms with Crippen LogP contribution in [0, 0.1) is 17.7 Å². The van der Waals surface area contributed by atoms with E-state index in [0.29, 0.717) is 38.5 Å². The summed E-state index contributed by atoms with van der Waals surface area (Å²) in [7, 11) is 0. The minimum Gasteiger partial charge on any atom is -0.444 e. The van der Waals surface area contributed by atoms with E-state index in [-0.39, 0.29) is 41.1 Å². The zero-order valence-corrected chi connectivity index (χ0v) is 22.5. The highest BCUT2D eigenvalue weighted by molar-refractivity contribution is 6.30. The van der Waals surface area contributed by atoms with Crippen molar-refractivity contribution < 1.29 is 23.4 Å². The van der Waals surface area contributed by atoms with Crippen LogP contribution in [-0.2, 0) is 20.8 Å². The number of nitrogens with zero attached hydrogens (tertiary/aromatic N) is 3. The van der Waals surface area contributed by atoms with E-state index in [1.807, 2.05) is 20.8 Å². The average Bonchev–Trinajstić information content (AvgIpc) is 3.73. The van der Waals surface area contributed by atoms with Gasteiger partial charge in [-0.25, -0.2) is 14.2 Å². The third kappa shape index (κ3) is 4.91. The molecule has 7 nitrogen and oxygen atoms in total. The van der Waals surface area contributed by atoms with Crippen LogP contribution in [0.4, 0.5) is 9.18 Å². The molecule has 4 atom stereocenters. The molecule has 2 aromatic rings. The number of halogens is 2. The van der Waals surface area contributed by atoms with Gasteiger partial charge in [0, 0.05) is 29.9 Å². The lowest BCUT2D eigenvalue weighted by Crippen LogP contribution is -2.44. The van der Waals surface area contributed by atoms with Gasteiger partial charge in [-0.2, -0.15) is 0 Å². The summed E-state index contributed by atoms with van der Waals surface area (Å²) in [4.78, 5) is 19.0. The minimum atomic E-state index is -0.592. The molecule has 1 aliphatic heterocycles. The van der Waals surface area contributed by atoms with E-state index in [1.54, 1.807) is 23.2 Å². The number of hydrogen-bond acceptors (Lipinski definition) is 5. The normalized spacial score (nSPS) is 24.8. The van der Waals surface area contributed by atoms with Crippen LogP contribution in [0.2, 0.25) is 5.15 Å². The number of aromatic nitrogens is 2. The van der Waals surface area contributed by atoms with Crippen LogP contribution in [0.1, 0.15) is 56.8 Å². The van der Waals surface area contributed by atoms with Crippen LogP contribution in [0.25, 0.3) is 10.9 Å².